The van der Waals surface area contributed by atoms with Crippen LogP contribution in [-0.4, -0.2) is 15.0 Å². The Labute approximate surface area is 121 Å². The van der Waals surface area contributed by atoms with E-state index in [0.717, 1.165) is 4.47 Å². The summed E-state index contributed by atoms with van der Waals surface area (Å²) in [6, 6.07) is 6.47. The third kappa shape index (κ3) is 2.55. The minimum atomic E-state index is -3.66. The lowest BCUT2D eigenvalue weighted by Crippen LogP contribution is -2.19. The summed E-state index contributed by atoms with van der Waals surface area (Å²) >= 11 is 3.28. The van der Waals surface area contributed by atoms with Gasteiger partial charge in [-0.15, -0.1) is 0 Å². The second-order valence-corrected chi connectivity index (χ2v) is 7.31. The number of allylic oxidation sites excluding steroid dienone is 4. The molecule has 2 aliphatic rings. The highest BCUT2D eigenvalue weighted by Gasteiger charge is 2.34. The zero-order valence-electron chi connectivity index (χ0n) is 10.1. The molecule has 1 aromatic rings. The molecule has 3 nitrogen and oxygen atoms in total. The third-order valence-corrected chi connectivity index (χ3v) is 5.44. The molecule has 100 valence electrons. The summed E-state index contributed by atoms with van der Waals surface area (Å²) in [6.45, 7) is 0.230. The zero-order valence-corrected chi connectivity index (χ0v) is 12.5. The first-order valence-electron chi connectivity index (χ1n) is 6.08. The van der Waals surface area contributed by atoms with Gasteiger partial charge in [0.2, 0.25) is 0 Å². The fourth-order valence-corrected chi connectivity index (χ4v) is 3.73. The second-order valence-electron chi connectivity index (χ2n) is 4.78. The zero-order chi connectivity index (χ0) is 13.5. The predicted octanol–water partition coefficient (Wildman–Crippen LogP) is 3.14. The van der Waals surface area contributed by atoms with Crippen LogP contribution in [0, 0.1) is 17.8 Å². The maximum absolute atomic E-state index is 12.1. The molecular formula is C14H13BrO3S. The molecule has 0 aromatic heterocycles. The summed E-state index contributed by atoms with van der Waals surface area (Å²) in [5, 5.41) is 0. The molecule has 19 heavy (non-hydrogen) atoms. The minimum Gasteiger partial charge on any atom is -0.266 e. The topological polar surface area (TPSA) is 43.4 Å². The molecule has 3 rings (SSSR count). The van der Waals surface area contributed by atoms with E-state index in [1.807, 2.05) is 0 Å². The Balaban J connectivity index is 1.68. The van der Waals surface area contributed by atoms with E-state index in [-0.39, 0.29) is 17.4 Å². The van der Waals surface area contributed by atoms with Crippen LogP contribution in [0.25, 0.3) is 0 Å². The van der Waals surface area contributed by atoms with Crippen LogP contribution in [0.4, 0.5) is 0 Å². The highest BCUT2D eigenvalue weighted by atomic mass is 79.9. The first-order chi connectivity index (χ1) is 9.06. The van der Waals surface area contributed by atoms with Gasteiger partial charge >= 0.3 is 0 Å². The predicted molar refractivity (Wildman–Crippen MR) is 76.0 cm³/mol. The van der Waals surface area contributed by atoms with Crippen LogP contribution in [0.15, 0.2) is 57.9 Å². The number of fused-ring (bicyclic) bond motifs is 2. The average Bonchev–Trinajstić information content (AvgIpc) is 2.96. The number of benzene rings is 1. The van der Waals surface area contributed by atoms with Crippen molar-refractivity contribution in [3.05, 3.63) is 53.0 Å². The van der Waals surface area contributed by atoms with Crippen molar-refractivity contribution in [1.29, 1.82) is 0 Å². The SMILES string of the molecule is O=S(=O)(OCC1C2C=CC1C=C2)c1ccc(Br)cc1. The van der Waals surface area contributed by atoms with Gasteiger partial charge in [0.1, 0.15) is 0 Å². The van der Waals surface area contributed by atoms with Crippen molar-refractivity contribution in [2.45, 2.75) is 4.90 Å². The van der Waals surface area contributed by atoms with Crippen LogP contribution in [0.3, 0.4) is 0 Å². The summed E-state index contributed by atoms with van der Waals surface area (Å²) in [7, 11) is -3.66. The normalized spacial score (nSPS) is 28.2. The molecule has 0 heterocycles. The number of halogens is 1. The number of rotatable bonds is 4. The van der Waals surface area contributed by atoms with Gasteiger partial charge in [-0.2, -0.15) is 8.42 Å². The Morgan fingerprint density at radius 2 is 1.53 bits per heavy atom. The van der Waals surface area contributed by atoms with Gasteiger partial charge in [0.15, 0.2) is 0 Å². The Hall–Kier alpha value is -0.910. The first kappa shape index (κ1) is 13.1. The fourth-order valence-electron chi connectivity index (χ4n) is 2.53. The second kappa shape index (κ2) is 4.89. The van der Waals surface area contributed by atoms with Crippen LogP contribution >= 0.6 is 15.9 Å². The van der Waals surface area contributed by atoms with Crippen molar-refractivity contribution in [3.8, 4) is 0 Å². The van der Waals surface area contributed by atoms with E-state index in [0.29, 0.717) is 11.8 Å². The van der Waals surface area contributed by atoms with Gasteiger partial charge in [0.05, 0.1) is 11.5 Å². The molecule has 0 unspecified atom stereocenters. The average molecular weight is 341 g/mol. The molecule has 5 heteroatoms. The van der Waals surface area contributed by atoms with E-state index in [1.54, 1.807) is 24.3 Å². The lowest BCUT2D eigenvalue weighted by atomic mass is 9.97. The Bertz CT molecular complexity index is 601. The molecule has 1 aromatic carbocycles. The highest BCUT2D eigenvalue weighted by molar-refractivity contribution is 9.10. The summed E-state index contributed by atoms with van der Waals surface area (Å²) in [5.41, 5.74) is 0. The van der Waals surface area contributed by atoms with Crippen molar-refractivity contribution in [1.82, 2.24) is 0 Å². The Morgan fingerprint density at radius 1 is 1.00 bits per heavy atom. The van der Waals surface area contributed by atoms with Crippen molar-refractivity contribution in [3.63, 3.8) is 0 Å². The summed E-state index contributed by atoms with van der Waals surface area (Å²) in [6.07, 6.45) is 8.46. The molecule has 0 atom stereocenters. The molecule has 0 N–H and O–H groups in total. The molecular weight excluding hydrogens is 328 g/mol. The van der Waals surface area contributed by atoms with Gasteiger partial charge in [0, 0.05) is 22.2 Å². The molecule has 0 fully saturated rings. The molecule has 0 amide bonds. The van der Waals surface area contributed by atoms with E-state index < -0.39 is 10.1 Å². The van der Waals surface area contributed by atoms with Gasteiger partial charge in [0.25, 0.3) is 10.1 Å². The molecule has 2 bridgehead atoms. The first-order valence-corrected chi connectivity index (χ1v) is 8.28. The maximum atomic E-state index is 12.1. The standard InChI is InChI=1S/C14H13BrO3S/c15-12-5-7-13(8-6-12)19(16,17)18-9-14-10-1-2-11(14)4-3-10/h1-8,10-11,14H,9H2. The summed E-state index contributed by atoms with van der Waals surface area (Å²) in [5.74, 6) is 0.875. The molecule has 2 aliphatic carbocycles. The van der Waals surface area contributed by atoms with E-state index in [2.05, 4.69) is 40.2 Å². The van der Waals surface area contributed by atoms with Gasteiger partial charge in [-0.1, -0.05) is 40.2 Å². The van der Waals surface area contributed by atoms with Gasteiger partial charge in [-0.05, 0) is 24.3 Å². The fraction of sp³-hybridized carbons (Fsp3) is 0.286. The number of hydrogen-bond acceptors (Lipinski definition) is 3. The van der Waals surface area contributed by atoms with Crippen LogP contribution in [0.1, 0.15) is 0 Å². The lowest BCUT2D eigenvalue weighted by molar-refractivity contribution is 0.232. The summed E-state index contributed by atoms with van der Waals surface area (Å²) < 4.78 is 30.1. The maximum Gasteiger partial charge on any atom is 0.296 e. The monoisotopic (exact) mass is 340 g/mol. The van der Waals surface area contributed by atoms with Crippen LogP contribution in [-0.2, 0) is 14.3 Å². The quantitative estimate of drug-likeness (QED) is 0.624. The van der Waals surface area contributed by atoms with Crippen molar-refractivity contribution in [2.75, 3.05) is 6.61 Å². The highest BCUT2D eigenvalue weighted by Crippen LogP contribution is 2.39. The minimum absolute atomic E-state index is 0.196. The van der Waals surface area contributed by atoms with E-state index >= 15 is 0 Å². The van der Waals surface area contributed by atoms with Crippen molar-refractivity contribution in [2.24, 2.45) is 17.8 Å². The molecule has 0 spiro atoms. The van der Waals surface area contributed by atoms with Gasteiger partial charge in [-0.3, -0.25) is 4.18 Å². The molecule has 0 saturated carbocycles. The van der Waals surface area contributed by atoms with E-state index in [4.69, 9.17) is 4.18 Å². The van der Waals surface area contributed by atoms with Crippen LogP contribution in [0.5, 0.6) is 0 Å². The largest absolute Gasteiger partial charge is 0.296 e. The number of hydrogen-bond donors (Lipinski definition) is 0. The van der Waals surface area contributed by atoms with E-state index in [9.17, 15) is 8.42 Å². The lowest BCUT2D eigenvalue weighted by Gasteiger charge is -2.15. The summed E-state index contributed by atoms with van der Waals surface area (Å²) in [4.78, 5) is 0.196. The smallest absolute Gasteiger partial charge is 0.266 e. The Kier molecular flexibility index (Phi) is 3.37. The molecule has 0 saturated heterocycles. The van der Waals surface area contributed by atoms with Crippen molar-refractivity contribution < 1.29 is 12.6 Å². The molecule has 0 aliphatic heterocycles. The van der Waals surface area contributed by atoms with Crippen LogP contribution < -0.4 is 0 Å². The Morgan fingerprint density at radius 3 is 2.05 bits per heavy atom. The van der Waals surface area contributed by atoms with Crippen LogP contribution in [0.2, 0.25) is 0 Å². The van der Waals surface area contributed by atoms with E-state index in [1.165, 1.54) is 0 Å². The molecule has 0 radical (unpaired) electrons. The van der Waals surface area contributed by atoms with Gasteiger partial charge in [-0.25, -0.2) is 0 Å². The van der Waals surface area contributed by atoms with Gasteiger partial charge < -0.3 is 0 Å². The third-order valence-electron chi connectivity index (χ3n) is 3.62. The van der Waals surface area contributed by atoms with Crippen molar-refractivity contribution >= 4 is 26.0 Å².